The van der Waals surface area contributed by atoms with E-state index in [1.165, 1.54) is 51.4 Å². The van der Waals surface area contributed by atoms with Crippen LogP contribution in [-0.4, -0.2) is 49.6 Å². The van der Waals surface area contributed by atoms with Gasteiger partial charge in [-0.15, -0.1) is 0 Å². The van der Waals surface area contributed by atoms with Gasteiger partial charge in [-0.1, -0.05) is 19.0 Å². The molecule has 4 saturated carbocycles. The first-order valence-electron chi connectivity index (χ1n) is 13.3. The molecule has 0 aromatic carbocycles. The number of fused-ring (bicyclic) bond motifs is 5. The molecule has 0 aromatic heterocycles. The Labute approximate surface area is 191 Å². The van der Waals surface area contributed by atoms with E-state index < -0.39 is 0 Å². The van der Waals surface area contributed by atoms with E-state index in [4.69, 9.17) is 4.84 Å². The Morgan fingerprint density at radius 2 is 1.77 bits per heavy atom. The van der Waals surface area contributed by atoms with Crippen molar-refractivity contribution in [2.45, 2.75) is 97.0 Å². The fourth-order valence-electron chi connectivity index (χ4n) is 8.70. The lowest BCUT2D eigenvalue weighted by Gasteiger charge is -2.61. The Hall–Kier alpha value is -0.610. The first-order valence-corrected chi connectivity index (χ1v) is 13.3. The molecule has 0 spiro atoms. The summed E-state index contributed by atoms with van der Waals surface area (Å²) in [4.78, 5) is 7.63. The molecule has 4 aliphatic rings. The second-order valence-corrected chi connectivity index (χ2v) is 12.3. The highest BCUT2D eigenvalue weighted by atomic mass is 16.6. The number of rotatable bonds is 8. The van der Waals surface area contributed by atoms with Crippen molar-refractivity contribution in [3.63, 3.8) is 0 Å². The van der Waals surface area contributed by atoms with Crippen LogP contribution in [0.4, 0.5) is 0 Å². The van der Waals surface area contributed by atoms with Crippen LogP contribution in [0.25, 0.3) is 0 Å². The molecule has 178 valence electrons. The van der Waals surface area contributed by atoms with Gasteiger partial charge in [0.1, 0.15) is 6.61 Å². The first kappa shape index (κ1) is 23.5. The molecule has 4 heteroatoms. The van der Waals surface area contributed by atoms with Gasteiger partial charge in [-0.25, -0.2) is 0 Å². The Morgan fingerprint density at radius 3 is 2.58 bits per heavy atom. The lowest BCUT2D eigenvalue weighted by atomic mass is 9.44. The van der Waals surface area contributed by atoms with E-state index in [1.807, 2.05) is 6.21 Å². The summed E-state index contributed by atoms with van der Waals surface area (Å²) in [6.07, 6.45) is 17.3. The summed E-state index contributed by atoms with van der Waals surface area (Å²) in [6, 6.07) is 0. The number of oxime groups is 1. The fraction of sp³-hybridized carbons (Fsp3) is 0.963. The molecule has 31 heavy (non-hydrogen) atoms. The molecular weight excluding hydrogens is 384 g/mol. The summed E-state index contributed by atoms with van der Waals surface area (Å²) >= 11 is 0. The van der Waals surface area contributed by atoms with Gasteiger partial charge in [0.05, 0.1) is 6.10 Å². The van der Waals surface area contributed by atoms with E-state index in [-0.39, 0.29) is 6.10 Å². The van der Waals surface area contributed by atoms with Crippen LogP contribution in [0, 0.1) is 40.4 Å². The molecule has 8 atom stereocenters. The van der Waals surface area contributed by atoms with Crippen LogP contribution in [0.15, 0.2) is 5.16 Å². The normalized spacial score (nSPS) is 44.8. The summed E-state index contributed by atoms with van der Waals surface area (Å²) in [5.41, 5.74) is 1.04. The second kappa shape index (κ2) is 9.71. The van der Waals surface area contributed by atoms with Crippen molar-refractivity contribution in [2.24, 2.45) is 45.6 Å². The van der Waals surface area contributed by atoms with Crippen molar-refractivity contribution in [3.05, 3.63) is 0 Å². The first-order chi connectivity index (χ1) is 14.8. The van der Waals surface area contributed by atoms with Crippen LogP contribution in [0.2, 0.25) is 0 Å². The lowest BCUT2D eigenvalue weighted by molar-refractivity contribution is -0.126. The minimum Gasteiger partial charge on any atom is -0.396 e. The fourth-order valence-corrected chi connectivity index (χ4v) is 8.70. The van der Waals surface area contributed by atoms with Gasteiger partial charge in [0, 0.05) is 12.8 Å². The maximum absolute atomic E-state index is 10.2. The molecule has 0 radical (unpaired) electrons. The largest absolute Gasteiger partial charge is 0.396 e. The highest BCUT2D eigenvalue weighted by Gasteiger charge is 2.59. The van der Waals surface area contributed by atoms with E-state index in [0.29, 0.717) is 10.8 Å². The molecule has 3 unspecified atom stereocenters. The molecule has 0 saturated heterocycles. The molecule has 0 bridgehead atoms. The van der Waals surface area contributed by atoms with E-state index in [1.54, 1.807) is 0 Å². The molecular formula is C27H48N2O2. The Balaban J connectivity index is 1.29. The smallest absolute Gasteiger partial charge is 0.118 e. The maximum atomic E-state index is 10.2. The van der Waals surface area contributed by atoms with Crippen molar-refractivity contribution in [1.29, 1.82) is 0 Å². The molecule has 0 aliphatic heterocycles. The number of hydrogen-bond donors (Lipinski definition) is 1. The highest BCUT2D eigenvalue weighted by molar-refractivity contribution is 5.56. The molecule has 0 aromatic rings. The van der Waals surface area contributed by atoms with E-state index in [2.05, 4.69) is 38.0 Å². The van der Waals surface area contributed by atoms with Crippen LogP contribution >= 0.6 is 0 Å². The maximum Gasteiger partial charge on any atom is 0.118 e. The molecule has 4 nitrogen and oxygen atoms in total. The van der Waals surface area contributed by atoms with Gasteiger partial charge in [0.15, 0.2) is 0 Å². The van der Waals surface area contributed by atoms with Gasteiger partial charge >= 0.3 is 0 Å². The van der Waals surface area contributed by atoms with Crippen LogP contribution in [0.5, 0.6) is 0 Å². The minimum atomic E-state index is -0.0297. The summed E-state index contributed by atoms with van der Waals surface area (Å²) in [5.74, 6) is 4.41. The number of hydrogen-bond acceptors (Lipinski definition) is 4. The predicted molar refractivity (Wildman–Crippen MR) is 128 cm³/mol. The zero-order chi connectivity index (χ0) is 22.1. The Kier molecular flexibility index (Phi) is 7.38. The van der Waals surface area contributed by atoms with Gasteiger partial charge in [0.2, 0.25) is 0 Å². The molecule has 0 amide bonds. The van der Waals surface area contributed by atoms with Crippen LogP contribution in [-0.2, 0) is 4.84 Å². The summed E-state index contributed by atoms with van der Waals surface area (Å²) in [7, 11) is 4.19. The SMILES string of the molecule is CN(C)CCCON=CCCC1CC[C@H]2[C@@H]3CCC4CC(O)CC[C@]4(C)[C@@H]3CC[C@]12C. The Bertz CT molecular complexity index is 622. The van der Waals surface area contributed by atoms with Crippen LogP contribution in [0.3, 0.4) is 0 Å². The zero-order valence-electron chi connectivity index (χ0n) is 20.7. The standard InChI is InChI=1S/C27H48N2O2/c1-26-15-13-25-23(10-8-21-19-22(30)12-14-27(21,25)2)24(26)11-9-20(26)7-5-16-28-31-18-6-17-29(3)4/h16,20-25,30H,5-15,17-19H2,1-4H3/t20?,21?,22?,23-,24-,25+,26+,27-/m0/s1. The molecule has 0 heterocycles. The monoisotopic (exact) mass is 432 g/mol. The molecule has 4 rings (SSSR count). The minimum absolute atomic E-state index is 0.0297. The zero-order valence-corrected chi connectivity index (χ0v) is 20.7. The van der Waals surface area contributed by atoms with E-state index in [9.17, 15) is 5.11 Å². The highest BCUT2D eigenvalue weighted by Crippen LogP contribution is 2.67. The average molecular weight is 433 g/mol. The summed E-state index contributed by atoms with van der Waals surface area (Å²) in [6.45, 7) is 7.02. The summed E-state index contributed by atoms with van der Waals surface area (Å²) in [5, 5.41) is 14.5. The predicted octanol–water partition coefficient (Wildman–Crippen LogP) is 5.74. The lowest BCUT2D eigenvalue weighted by Crippen LogP contribution is -2.53. The van der Waals surface area contributed by atoms with Gasteiger partial charge < -0.3 is 14.8 Å². The topological polar surface area (TPSA) is 45.1 Å². The van der Waals surface area contributed by atoms with Crippen molar-refractivity contribution >= 4 is 6.21 Å². The number of nitrogens with zero attached hydrogens (tertiary/aromatic N) is 2. The third-order valence-corrected chi connectivity index (χ3v) is 10.5. The van der Waals surface area contributed by atoms with Gasteiger partial charge in [-0.05, 0) is 132 Å². The second-order valence-electron chi connectivity index (χ2n) is 12.3. The Morgan fingerprint density at radius 1 is 1.00 bits per heavy atom. The molecule has 4 fully saturated rings. The van der Waals surface area contributed by atoms with Crippen molar-refractivity contribution < 1.29 is 9.94 Å². The van der Waals surface area contributed by atoms with Crippen LogP contribution in [0.1, 0.15) is 90.9 Å². The van der Waals surface area contributed by atoms with Gasteiger partial charge in [-0.3, -0.25) is 0 Å². The quantitative estimate of drug-likeness (QED) is 0.302. The average Bonchev–Trinajstić information content (AvgIpc) is 3.06. The number of aliphatic hydroxyl groups is 1. The molecule has 4 aliphatic carbocycles. The third-order valence-electron chi connectivity index (χ3n) is 10.5. The third kappa shape index (κ3) is 4.71. The van der Waals surface area contributed by atoms with Crippen LogP contribution < -0.4 is 0 Å². The van der Waals surface area contributed by atoms with Crippen molar-refractivity contribution in [3.8, 4) is 0 Å². The van der Waals surface area contributed by atoms with E-state index >= 15 is 0 Å². The molecule has 1 N–H and O–H groups in total. The van der Waals surface area contributed by atoms with E-state index in [0.717, 1.165) is 68.4 Å². The van der Waals surface area contributed by atoms with Crippen molar-refractivity contribution in [1.82, 2.24) is 4.90 Å². The summed E-state index contributed by atoms with van der Waals surface area (Å²) < 4.78 is 0. The van der Waals surface area contributed by atoms with Gasteiger partial charge in [0.25, 0.3) is 0 Å². The van der Waals surface area contributed by atoms with Gasteiger partial charge in [-0.2, -0.15) is 0 Å². The van der Waals surface area contributed by atoms with Crippen molar-refractivity contribution in [2.75, 3.05) is 27.2 Å². The number of aliphatic hydroxyl groups excluding tert-OH is 1.